The second-order valence-corrected chi connectivity index (χ2v) is 6.49. The van der Waals surface area contributed by atoms with Crippen LogP contribution in [0.3, 0.4) is 0 Å². The summed E-state index contributed by atoms with van der Waals surface area (Å²) in [4.78, 5) is 16.2. The van der Waals surface area contributed by atoms with Crippen molar-refractivity contribution in [3.05, 3.63) is 66.0 Å². The van der Waals surface area contributed by atoms with Gasteiger partial charge in [-0.3, -0.25) is 4.79 Å². The van der Waals surface area contributed by atoms with Crippen LogP contribution in [0.5, 0.6) is 0 Å². The summed E-state index contributed by atoms with van der Waals surface area (Å²) in [5.74, 6) is -0.536. The average molecular weight is 354 g/mol. The number of likely N-dealkylation sites (N-methyl/N-ethyl adjacent to an activating group) is 1. The molecule has 2 N–H and O–H groups in total. The summed E-state index contributed by atoms with van der Waals surface area (Å²) in [7, 11) is 0. The van der Waals surface area contributed by atoms with Crippen LogP contribution >= 0.6 is 0 Å². The molecule has 2 aromatic rings. The molecule has 4 nitrogen and oxygen atoms in total. The van der Waals surface area contributed by atoms with Crippen LogP contribution in [-0.4, -0.2) is 38.6 Å². The summed E-state index contributed by atoms with van der Waals surface area (Å²) in [5, 5.41) is 2.95. The van der Waals surface area contributed by atoms with Crippen molar-refractivity contribution in [3.8, 4) is 0 Å². The number of nitrogens with zero attached hydrogens (tertiary/aromatic N) is 1. The smallest absolute Gasteiger partial charge is 0.248 e. The van der Waals surface area contributed by atoms with E-state index in [1.54, 1.807) is 23.1 Å². The van der Waals surface area contributed by atoms with Crippen molar-refractivity contribution in [2.24, 2.45) is 0 Å². The minimum absolute atomic E-state index is 0.223. The van der Waals surface area contributed by atoms with Crippen molar-refractivity contribution >= 4 is 23.4 Å². The van der Waals surface area contributed by atoms with E-state index in [9.17, 15) is 9.18 Å². The van der Waals surface area contributed by atoms with Crippen molar-refractivity contribution in [2.75, 3.05) is 42.9 Å². The zero-order valence-electron chi connectivity index (χ0n) is 15.0. The van der Waals surface area contributed by atoms with Gasteiger partial charge >= 0.3 is 0 Å². The largest absolute Gasteiger partial charge is 0.359 e. The maximum absolute atomic E-state index is 13.2. The van der Waals surface area contributed by atoms with E-state index in [2.05, 4.69) is 17.1 Å². The molecule has 136 valence electrons. The molecule has 1 heterocycles. The molecule has 0 saturated carbocycles. The average Bonchev–Trinajstić information content (AvgIpc) is 2.67. The van der Waals surface area contributed by atoms with Gasteiger partial charge in [0.1, 0.15) is 5.82 Å². The highest BCUT2D eigenvalue weighted by Gasteiger charge is 2.20. The van der Waals surface area contributed by atoms with E-state index in [4.69, 9.17) is 0 Å². The summed E-state index contributed by atoms with van der Waals surface area (Å²) in [6.45, 7) is 7.54. The van der Waals surface area contributed by atoms with Gasteiger partial charge in [-0.2, -0.15) is 0 Å². The number of benzene rings is 2. The monoisotopic (exact) mass is 354 g/mol. The molecule has 0 aromatic heterocycles. The number of halogens is 1. The van der Waals surface area contributed by atoms with Crippen LogP contribution in [0.15, 0.2) is 54.6 Å². The SMILES string of the molecule is CC[NH+]1CCN(c2ccccc2NC(=O)/C=C/c2cccc(F)c2)CC1. The quantitative estimate of drug-likeness (QED) is 0.808. The molecular formula is C21H25FN3O+. The van der Waals surface area contributed by atoms with Crippen LogP contribution in [0.25, 0.3) is 6.08 Å². The normalized spacial score (nSPS) is 15.4. The Morgan fingerprint density at radius 1 is 1.19 bits per heavy atom. The summed E-state index contributed by atoms with van der Waals surface area (Å²) in [6, 6.07) is 14.0. The van der Waals surface area contributed by atoms with E-state index in [-0.39, 0.29) is 11.7 Å². The molecule has 1 saturated heterocycles. The van der Waals surface area contributed by atoms with Gasteiger partial charge < -0.3 is 15.1 Å². The van der Waals surface area contributed by atoms with E-state index >= 15 is 0 Å². The number of para-hydroxylation sites is 2. The van der Waals surface area contributed by atoms with E-state index < -0.39 is 0 Å². The fourth-order valence-electron chi connectivity index (χ4n) is 3.23. The molecule has 1 amide bonds. The maximum atomic E-state index is 13.2. The number of carbonyl (C=O) groups is 1. The Labute approximate surface area is 153 Å². The molecule has 0 spiro atoms. The van der Waals surface area contributed by atoms with Crippen molar-refractivity contribution in [1.82, 2.24) is 0 Å². The lowest BCUT2D eigenvalue weighted by Crippen LogP contribution is -3.14. The van der Waals surface area contributed by atoms with Gasteiger partial charge in [-0.25, -0.2) is 4.39 Å². The van der Waals surface area contributed by atoms with Gasteiger partial charge in [-0.1, -0.05) is 24.3 Å². The highest BCUT2D eigenvalue weighted by atomic mass is 19.1. The lowest BCUT2D eigenvalue weighted by atomic mass is 10.2. The minimum atomic E-state index is -0.314. The van der Waals surface area contributed by atoms with E-state index in [0.717, 1.165) is 44.1 Å². The van der Waals surface area contributed by atoms with Gasteiger partial charge in [-0.15, -0.1) is 0 Å². The van der Waals surface area contributed by atoms with E-state index in [0.29, 0.717) is 5.56 Å². The number of anilines is 2. The number of hydrogen-bond acceptors (Lipinski definition) is 2. The predicted octanol–water partition coefficient (Wildman–Crippen LogP) is 2.20. The lowest BCUT2D eigenvalue weighted by Gasteiger charge is -2.34. The maximum Gasteiger partial charge on any atom is 0.248 e. The molecule has 5 heteroatoms. The van der Waals surface area contributed by atoms with E-state index in [1.165, 1.54) is 18.2 Å². The summed E-state index contributed by atoms with van der Waals surface area (Å²) < 4.78 is 13.2. The molecule has 1 aliphatic rings. The molecule has 3 rings (SSSR count). The number of amides is 1. The molecule has 0 atom stereocenters. The first-order valence-corrected chi connectivity index (χ1v) is 9.08. The Bertz CT molecular complexity index is 782. The summed E-state index contributed by atoms with van der Waals surface area (Å²) in [5.41, 5.74) is 2.52. The highest BCUT2D eigenvalue weighted by molar-refractivity contribution is 6.03. The van der Waals surface area contributed by atoms with Gasteiger partial charge in [0.05, 0.1) is 44.1 Å². The Hall–Kier alpha value is -2.66. The fourth-order valence-corrected chi connectivity index (χ4v) is 3.23. The van der Waals surface area contributed by atoms with Crippen LogP contribution in [0.1, 0.15) is 12.5 Å². The van der Waals surface area contributed by atoms with Gasteiger partial charge in [0.2, 0.25) is 5.91 Å². The summed E-state index contributed by atoms with van der Waals surface area (Å²) in [6.07, 6.45) is 3.05. The Morgan fingerprint density at radius 2 is 1.96 bits per heavy atom. The van der Waals surface area contributed by atoms with Crippen LogP contribution in [-0.2, 0) is 4.79 Å². The van der Waals surface area contributed by atoms with Gasteiger partial charge in [0.15, 0.2) is 0 Å². The zero-order chi connectivity index (χ0) is 18.4. The third kappa shape index (κ3) is 4.70. The molecule has 0 unspecified atom stereocenters. The van der Waals surface area contributed by atoms with Crippen LogP contribution in [0, 0.1) is 5.82 Å². The van der Waals surface area contributed by atoms with Crippen LogP contribution in [0.2, 0.25) is 0 Å². The number of nitrogens with one attached hydrogen (secondary N) is 2. The molecule has 1 aliphatic heterocycles. The second-order valence-electron chi connectivity index (χ2n) is 6.49. The van der Waals surface area contributed by atoms with Crippen LogP contribution in [0.4, 0.5) is 15.8 Å². The Kier molecular flexibility index (Phi) is 6.02. The molecule has 2 aromatic carbocycles. The second kappa shape index (κ2) is 8.63. The molecule has 1 fully saturated rings. The van der Waals surface area contributed by atoms with E-state index in [1.807, 2.05) is 24.3 Å². The lowest BCUT2D eigenvalue weighted by molar-refractivity contribution is -0.898. The predicted molar refractivity (Wildman–Crippen MR) is 104 cm³/mol. The topological polar surface area (TPSA) is 36.8 Å². The number of carbonyl (C=O) groups excluding carboxylic acids is 1. The third-order valence-electron chi connectivity index (χ3n) is 4.75. The van der Waals surface area contributed by atoms with Crippen molar-refractivity contribution < 1.29 is 14.1 Å². The van der Waals surface area contributed by atoms with Crippen molar-refractivity contribution in [2.45, 2.75) is 6.92 Å². The van der Waals surface area contributed by atoms with Crippen molar-refractivity contribution in [3.63, 3.8) is 0 Å². The first kappa shape index (κ1) is 18.1. The zero-order valence-corrected chi connectivity index (χ0v) is 15.0. The van der Waals surface area contributed by atoms with Crippen LogP contribution < -0.4 is 15.1 Å². The number of quaternary nitrogens is 1. The Morgan fingerprint density at radius 3 is 2.69 bits per heavy atom. The first-order valence-electron chi connectivity index (χ1n) is 9.08. The fraction of sp³-hybridized carbons (Fsp3) is 0.286. The summed E-state index contributed by atoms with van der Waals surface area (Å²) >= 11 is 0. The highest BCUT2D eigenvalue weighted by Crippen LogP contribution is 2.25. The van der Waals surface area contributed by atoms with Gasteiger partial charge in [0.25, 0.3) is 0 Å². The minimum Gasteiger partial charge on any atom is -0.359 e. The van der Waals surface area contributed by atoms with Gasteiger partial charge in [-0.05, 0) is 42.8 Å². The number of rotatable bonds is 5. The number of hydrogen-bond donors (Lipinski definition) is 2. The molecule has 0 aliphatic carbocycles. The number of piperazine rings is 1. The molecular weight excluding hydrogens is 329 g/mol. The molecule has 0 radical (unpaired) electrons. The Balaban J connectivity index is 1.67. The first-order chi connectivity index (χ1) is 12.7. The van der Waals surface area contributed by atoms with Gasteiger partial charge in [0, 0.05) is 6.08 Å². The standard InChI is InChI=1S/C21H24FN3O/c1-2-24-12-14-25(15-13-24)20-9-4-3-8-19(20)23-21(26)11-10-17-6-5-7-18(22)16-17/h3-11,16H,2,12-15H2,1H3,(H,23,26)/p+1/b11-10+. The molecule has 0 bridgehead atoms. The van der Waals surface area contributed by atoms with Crippen molar-refractivity contribution in [1.29, 1.82) is 0 Å². The third-order valence-corrected chi connectivity index (χ3v) is 4.75. The molecule has 26 heavy (non-hydrogen) atoms.